The van der Waals surface area contributed by atoms with Crippen molar-refractivity contribution >= 4 is 16.8 Å². The number of oxazole rings is 1. The van der Waals surface area contributed by atoms with Gasteiger partial charge in [0.05, 0.1) is 5.56 Å². The van der Waals surface area contributed by atoms with Gasteiger partial charge >= 0.3 is 0 Å². The average molecular weight is 242 g/mol. The second-order valence-electron chi connectivity index (χ2n) is 3.93. The minimum atomic E-state index is -0.316. The number of aromatic nitrogens is 1. The molecule has 0 spiro atoms. The highest BCUT2D eigenvalue weighted by atomic mass is 19.1. The van der Waals surface area contributed by atoms with Crippen LogP contribution >= 0.6 is 0 Å². The van der Waals surface area contributed by atoms with E-state index in [-0.39, 0.29) is 5.82 Å². The summed E-state index contributed by atoms with van der Waals surface area (Å²) < 4.78 is 18.7. The first-order valence-corrected chi connectivity index (χ1v) is 5.61. The van der Waals surface area contributed by atoms with Gasteiger partial charge in [0.2, 0.25) is 5.89 Å². The summed E-state index contributed by atoms with van der Waals surface area (Å²) in [6, 6.07) is 12.0. The monoisotopic (exact) mass is 242 g/mol. The summed E-state index contributed by atoms with van der Waals surface area (Å²) in [5, 5.41) is 3.08. The molecule has 0 aliphatic heterocycles. The van der Waals surface area contributed by atoms with E-state index in [1.165, 1.54) is 12.1 Å². The molecule has 18 heavy (non-hydrogen) atoms. The van der Waals surface area contributed by atoms with Crippen LogP contribution in [0.15, 0.2) is 46.9 Å². The van der Waals surface area contributed by atoms with Gasteiger partial charge in [-0.05, 0) is 24.3 Å². The van der Waals surface area contributed by atoms with Crippen molar-refractivity contribution in [2.45, 2.75) is 0 Å². The maximum atomic E-state index is 13.1. The van der Waals surface area contributed by atoms with Crippen LogP contribution in [0.5, 0.6) is 0 Å². The van der Waals surface area contributed by atoms with Crippen LogP contribution in [0.25, 0.3) is 22.6 Å². The van der Waals surface area contributed by atoms with Crippen LogP contribution in [-0.4, -0.2) is 12.0 Å². The zero-order valence-electron chi connectivity index (χ0n) is 9.77. The van der Waals surface area contributed by atoms with Gasteiger partial charge in [0.25, 0.3) is 0 Å². The summed E-state index contributed by atoms with van der Waals surface area (Å²) in [5.74, 6) is 0.171. The molecule has 90 valence electrons. The summed E-state index contributed by atoms with van der Waals surface area (Å²) in [6.45, 7) is 0. The molecule has 2 aromatic carbocycles. The van der Waals surface area contributed by atoms with Gasteiger partial charge in [-0.25, -0.2) is 9.37 Å². The van der Waals surface area contributed by atoms with Crippen LogP contribution in [0.4, 0.5) is 10.1 Å². The standard InChI is InChI=1S/C14H11FN2O/c1-16-11-5-3-2-4-10(11)14-17-12-8-9(15)6-7-13(12)18-14/h2-8,16H,1H3. The number of halogens is 1. The van der Waals surface area contributed by atoms with Crippen LogP contribution < -0.4 is 5.32 Å². The molecule has 1 N–H and O–H groups in total. The van der Waals surface area contributed by atoms with Crippen molar-refractivity contribution in [1.29, 1.82) is 0 Å². The molecule has 1 heterocycles. The lowest BCUT2D eigenvalue weighted by Crippen LogP contribution is -1.91. The van der Waals surface area contributed by atoms with E-state index in [2.05, 4.69) is 10.3 Å². The number of para-hydroxylation sites is 1. The first-order valence-electron chi connectivity index (χ1n) is 5.61. The van der Waals surface area contributed by atoms with E-state index in [0.717, 1.165) is 11.3 Å². The Morgan fingerprint density at radius 3 is 2.83 bits per heavy atom. The molecule has 1 aromatic heterocycles. The summed E-state index contributed by atoms with van der Waals surface area (Å²) in [5.41, 5.74) is 2.88. The molecular formula is C14H11FN2O. The van der Waals surface area contributed by atoms with Crippen LogP contribution in [0.2, 0.25) is 0 Å². The Morgan fingerprint density at radius 2 is 2.00 bits per heavy atom. The normalized spacial score (nSPS) is 10.8. The Labute approximate surface area is 103 Å². The Bertz CT molecular complexity index is 706. The highest BCUT2D eigenvalue weighted by Crippen LogP contribution is 2.29. The van der Waals surface area contributed by atoms with Crippen molar-refractivity contribution in [2.24, 2.45) is 0 Å². The maximum Gasteiger partial charge on any atom is 0.229 e. The number of nitrogens with zero attached hydrogens (tertiary/aromatic N) is 1. The topological polar surface area (TPSA) is 38.1 Å². The molecule has 4 heteroatoms. The van der Waals surface area contributed by atoms with Crippen molar-refractivity contribution < 1.29 is 8.81 Å². The molecule has 0 radical (unpaired) electrons. The first-order chi connectivity index (χ1) is 8.78. The van der Waals surface area contributed by atoms with Gasteiger partial charge in [0.1, 0.15) is 11.3 Å². The van der Waals surface area contributed by atoms with E-state index in [9.17, 15) is 4.39 Å². The highest BCUT2D eigenvalue weighted by Gasteiger charge is 2.11. The maximum absolute atomic E-state index is 13.1. The fourth-order valence-electron chi connectivity index (χ4n) is 1.90. The number of hydrogen-bond donors (Lipinski definition) is 1. The van der Waals surface area contributed by atoms with Gasteiger partial charge < -0.3 is 9.73 Å². The van der Waals surface area contributed by atoms with E-state index >= 15 is 0 Å². The zero-order chi connectivity index (χ0) is 12.5. The molecular weight excluding hydrogens is 231 g/mol. The van der Waals surface area contributed by atoms with Crippen LogP contribution in [-0.2, 0) is 0 Å². The van der Waals surface area contributed by atoms with Crippen LogP contribution in [0, 0.1) is 5.82 Å². The molecule has 0 fully saturated rings. The van der Waals surface area contributed by atoms with Gasteiger partial charge in [0.15, 0.2) is 5.58 Å². The smallest absolute Gasteiger partial charge is 0.229 e. The quantitative estimate of drug-likeness (QED) is 0.745. The van der Waals surface area contributed by atoms with Gasteiger partial charge in [-0.3, -0.25) is 0 Å². The minimum absolute atomic E-state index is 0.316. The van der Waals surface area contributed by atoms with Gasteiger partial charge in [-0.2, -0.15) is 0 Å². The van der Waals surface area contributed by atoms with E-state index in [0.29, 0.717) is 17.0 Å². The third-order valence-corrected chi connectivity index (χ3v) is 2.78. The highest BCUT2D eigenvalue weighted by molar-refractivity contribution is 5.80. The molecule has 0 saturated carbocycles. The fourth-order valence-corrected chi connectivity index (χ4v) is 1.90. The first kappa shape index (κ1) is 10.8. The molecule has 0 atom stereocenters. The van der Waals surface area contributed by atoms with Crippen LogP contribution in [0.3, 0.4) is 0 Å². The predicted octanol–water partition coefficient (Wildman–Crippen LogP) is 3.68. The SMILES string of the molecule is CNc1ccccc1-c1nc2cc(F)ccc2o1. The van der Waals surface area contributed by atoms with E-state index in [1.54, 1.807) is 6.07 Å². The summed E-state index contributed by atoms with van der Waals surface area (Å²) >= 11 is 0. The number of anilines is 1. The van der Waals surface area contributed by atoms with E-state index in [4.69, 9.17) is 4.42 Å². The van der Waals surface area contributed by atoms with Crippen LogP contribution in [0.1, 0.15) is 0 Å². The molecule has 0 saturated heterocycles. The predicted molar refractivity (Wildman–Crippen MR) is 68.9 cm³/mol. The van der Waals surface area contributed by atoms with E-state index < -0.39 is 0 Å². The second kappa shape index (κ2) is 4.14. The Hall–Kier alpha value is -2.36. The van der Waals surface area contributed by atoms with Crippen molar-refractivity contribution in [3.05, 3.63) is 48.3 Å². The molecule has 0 unspecified atom stereocenters. The van der Waals surface area contributed by atoms with Gasteiger partial charge in [0, 0.05) is 18.8 Å². The number of benzene rings is 2. The molecule has 0 aliphatic carbocycles. The number of fused-ring (bicyclic) bond motifs is 1. The lowest BCUT2D eigenvalue weighted by molar-refractivity contribution is 0.614. The fraction of sp³-hybridized carbons (Fsp3) is 0.0714. The lowest BCUT2D eigenvalue weighted by Gasteiger charge is -2.04. The molecule has 3 nitrogen and oxygen atoms in total. The van der Waals surface area contributed by atoms with Crippen molar-refractivity contribution in [3.8, 4) is 11.5 Å². The number of nitrogens with one attached hydrogen (secondary N) is 1. The zero-order valence-corrected chi connectivity index (χ0v) is 9.77. The summed E-state index contributed by atoms with van der Waals surface area (Å²) in [7, 11) is 1.83. The third kappa shape index (κ3) is 1.72. The molecule has 0 amide bonds. The second-order valence-corrected chi connectivity index (χ2v) is 3.93. The molecule has 0 aliphatic rings. The average Bonchev–Trinajstić information content (AvgIpc) is 2.81. The Kier molecular flexibility index (Phi) is 2.48. The number of rotatable bonds is 2. The van der Waals surface area contributed by atoms with Crippen molar-refractivity contribution in [3.63, 3.8) is 0 Å². The third-order valence-electron chi connectivity index (χ3n) is 2.78. The van der Waals surface area contributed by atoms with Gasteiger partial charge in [-0.1, -0.05) is 12.1 Å². The molecule has 0 bridgehead atoms. The summed E-state index contributed by atoms with van der Waals surface area (Å²) in [4.78, 5) is 4.31. The van der Waals surface area contributed by atoms with Crippen molar-refractivity contribution in [1.82, 2.24) is 4.98 Å². The summed E-state index contributed by atoms with van der Waals surface area (Å²) in [6.07, 6.45) is 0. The Balaban J connectivity index is 2.19. The number of hydrogen-bond acceptors (Lipinski definition) is 3. The van der Waals surface area contributed by atoms with Gasteiger partial charge in [-0.15, -0.1) is 0 Å². The largest absolute Gasteiger partial charge is 0.436 e. The van der Waals surface area contributed by atoms with Crippen molar-refractivity contribution in [2.75, 3.05) is 12.4 Å². The molecule has 3 rings (SSSR count). The lowest BCUT2D eigenvalue weighted by atomic mass is 10.2. The minimum Gasteiger partial charge on any atom is -0.436 e. The Morgan fingerprint density at radius 1 is 1.17 bits per heavy atom. The van der Waals surface area contributed by atoms with E-state index in [1.807, 2.05) is 31.3 Å². The molecule has 3 aromatic rings.